The molecule has 0 aromatic carbocycles. The Balaban J connectivity index is 2.17. The van der Waals surface area contributed by atoms with Crippen molar-refractivity contribution in [1.29, 1.82) is 0 Å². The zero-order chi connectivity index (χ0) is 10.6. The quantitative estimate of drug-likeness (QED) is 0.667. The Morgan fingerprint density at radius 1 is 1.50 bits per heavy atom. The third-order valence-corrected chi connectivity index (χ3v) is 3.56. The van der Waals surface area contributed by atoms with Gasteiger partial charge in [0, 0.05) is 11.8 Å². The molecule has 3 nitrogen and oxygen atoms in total. The van der Waals surface area contributed by atoms with Crippen molar-refractivity contribution in [3.05, 3.63) is 0 Å². The van der Waals surface area contributed by atoms with Crippen molar-refractivity contribution in [2.24, 2.45) is 11.7 Å². The summed E-state index contributed by atoms with van der Waals surface area (Å²) in [5.41, 5.74) is 5.31. The molecule has 1 aliphatic carbocycles. The Bertz CT molecular complexity index is 193. The van der Waals surface area contributed by atoms with E-state index in [-0.39, 0.29) is 11.9 Å². The lowest BCUT2D eigenvalue weighted by atomic mass is 10.3. The highest BCUT2D eigenvalue weighted by Crippen LogP contribution is 2.20. The first-order valence-corrected chi connectivity index (χ1v) is 6.38. The molecule has 1 rings (SSSR count). The Hall–Kier alpha value is -0.220. The summed E-state index contributed by atoms with van der Waals surface area (Å²) in [6.45, 7) is 4.36. The van der Waals surface area contributed by atoms with Crippen LogP contribution in [0.5, 0.6) is 0 Å². The van der Waals surface area contributed by atoms with Gasteiger partial charge in [-0.2, -0.15) is 11.8 Å². The Kier molecular flexibility index (Phi) is 4.75. The van der Waals surface area contributed by atoms with Gasteiger partial charge in [-0.25, -0.2) is 0 Å². The summed E-state index contributed by atoms with van der Waals surface area (Å²) in [5, 5.41) is 3.27. The first kappa shape index (κ1) is 11.9. The summed E-state index contributed by atoms with van der Waals surface area (Å²) in [4.78, 5) is 11.1. The van der Waals surface area contributed by atoms with Crippen LogP contribution >= 0.6 is 11.8 Å². The number of thioether (sulfide) groups is 1. The van der Waals surface area contributed by atoms with E-state index in [1.165, 1.54) is 12.8 Å². The van der Waals surface area contributed by atoms with Crippen LogP contribution < -0.4 is 11.1 Å². The van der Waals surface area contributed by atoms with E-state index < -0.39 is 0 Å². The average molecular weight is 216 g/mol. The van der Waals surface area contributed by atoms with E-state index in [2.05, 4.69) is 19.2 Å². The number of hydrogen-bond acceptors (Lipinski definition) is 3. The number of hydrogen-bond donors (Lipinski definition) is 2. The van der Waals surface area contributed by atoms with E-state index in [1.54, 1.807) is 11.8 Å². The molecule has 1 unspecified atom stereocenters. The van der Waals surface area contributed by atoms with Crippen LogP contribution in [0, 0.1) is 5.92 Å². The highest BCUT2D eigenvalue weighted by molar-refractivity contribution is 7.99. The van der Waals surface area contributed by atoms with Crippen LogP contribution in [0.1, 0.15) is 26.7 Å². The summed E-state index contributed by atoms with van der Waals surface area (Å²) in [7, 11) is 0. The molecule has 0 spiro atoms. The fourth-order valence-electron chi connectivity index (χ4n) is 1.17. The lowest BCUT2D eigenvalue weighted by Crippen LogP contribution is -2.44. The third-order valence-electron chi connectivity index (χ3n) is 2.09. The molecule has 0 saturated heterocycles. The van der Waals surface area contributed by atoms with Gasteiger partial charge in [0.05, 0.1) is 6.04 Å². The Morgan fingerprint density at radius 3 is 2.57 bits per heavy atom. The lowest BCUT2D eigenvalue weighted by Gasteiger charge is -2.15. The molecule has 1 aliphatic rings. The van der Waals surface area contributed by atoms with Crippen LogP contribution in [0.3, 0.4) is 0 Å². The minimum Gasteiger partial charge on any atom is -0.368 e. The molecule has 0 aromatic heterocycles. The normalized spacial score (nSPS) is 18.5. The number of rotatable bonds is 7. The lowest BCUT2D eigenvalue weighted by molar-refractivity contribution is -0.119. The largest absolute Gasteiger partial charge is 0.368 e. The van der Waals surface area contributed by atoms with Gasteiger partial charge >= 0.3 is 0 Å². The van der Waals surface area contributed by atoms with Crippen LogP contribution in [-0.2, 0) is 4.79 Å². The van der Waals surface area contributed by atoms with Crippen molar-refractivity contribution in [1.82, 2.24) is 5.32 Å². The zero-order valence-electron chi connectivity index (χ0n) is 8.95. The molecule has 1 atom stereocenters. The minimum atomic E-state index is -0.215. The van der Waals surface area contributed by atoms with E-state index in [1.807, 2.05) is 0 Å². The maximum Gasteiger partial charge on any atom is 0.235 e. The van der Waals surface area contributed by atoms with E-state index in [0.717, 1.165) is 11.5 Å². The van der Waals surface area contributed by atoms with Gasteiger partial charge in [0.2, 0.25) is 5.91 Å². The minimum absolute atomic E-state index is 0.133. The molecule has 0 bridgehead atoms. The third kappa shape index (κ3) is 4.86. The smallest absolute Gasteiger partial charge is 0.235 e. The van der Waals surface area contributed by atoms with Gasteiger partial charge in [0.1, 0.15) is 0 Å². The predicted octanol–water partition coefficient (Wildman–Crippen LogP) is 0.981. The van der Waals surface area contributed by atoms with Crippen LogP contribution in [0.2, 0.25) is 0 Å². The summed E-state index contributed by atoms with van der Waals surface area (Å²) in [6, 6.07) is 0.415. The predicted molar refractivity (Wildman–Crippen MR) is 61.3 cm³/mol. The second kappa shape index (κ2) is 5.61. The molecule has 82 valence electrons. The van der Waals surface area contributed by atoms with Crippen molar-refractivity contribution in [3.63, 3.8) is 0 Å². The highest BCUT2D eigenvalue weighted by atomic mass is 32.2. The molecular formula is C10H20N2OS. The molecule has 1 amide bonds. The van der Waals surface area contributed by atoms with Crippen molar-refractivity contribution in [3.8, 4) is 0 Å². The molecule has 0 aromatic rings. The molecule has 4 heteroatoms. The standard InChI is InChI=1S/C10H20N2OS/c1-7(2)5-14-6-9(10(11)13)12-8-3-4-8/h7-9,12H,3-6H2,1-2H3,(H2,11,13). The molecule has 1 saturated carbocycles. The second-order valence-corrected chi connectivity index (χ2v) is 5.40. The van der Waals surface area contributed by atoms with Crippen LogP contribution in [0.25, 0.3) is 0 Å². The van der Waals surface area contributed by atoms with Gasteiger partial charge < -0.3 is 11.1 Å². The summed E-state index contributed by atoms with van der Waals surface area (Å²) >= 11 is 1.80. The number of carbonyl (C=O) groups excluding carboxylic acids is 1. The SMILES string of the molecule is CC(C)CSCC(NC1CC1)C(N)=O. The first-order chi connectivity index (χ1) is 6.59. The molecular weight excluding hydrogens is 196 g/mol. The van der Waals surface area contributed by atoms with Gasteiger partial charge in [0.15, 0.2) is 0 Å². The van der Waals surface area contributed by atoms with Gasteiger partial charge in [-0.1, -0.05) is 13.8 Å². The van der Waals surface area contributed by atoms with Gasteiger partial charge in [-0.3, -0.25) is 4.79 Å². The Labute approximate surface area is 90.2 Å². The van der Waals surface area contributed by atoms with Gasteiger partial charge in [-0.15, -0.1) is 0 Å². The summed E-state index contributed by atoms with van der Waals surface area (Å²) in [5.74, 6) is 2.36. The number of carbonyl (C=O) groups is 1. The first-order valence-electron chi connectivity index (χ1n) is 5.22. The molecule has 0 heterocycles. The van der Waals surface area contributed by atoms with Crippen LogP contribution in [0.4, 0.5) is 0 Å². The monoisotopic (exact) mass is 216 g/mol. The summed E-state index contributed by atoms with van der Waals surface area (Å²) < 4.78 is 0. The maximum atomic E-state index is 11.1. The van der Waals surface area contributed by atoms with Crippen molar-refractivity contribution in [2.45, 2.75) is 38.8 Å². The fourth-order valence-corrected chi connectivity index (χ4v) is 2.27. The number of primary amides is 1. The van der Waals surface area contributed by atoms with E-state index in [9.17, 15) is 4.79 Å². The summed E-state index contributed by atoms with van der Waals surface area (Å²) in [6.07, 6.45) is 2.39. The number of nitrogens with one attached hydrogen (secondary N) is 1. The zero-order valence-corrected chi connectivity index (χ0v) is 9.77. The van der Waals surface area contributed by atoms with Crippen LogP contribution in [-0.4, -0.2) is 29.5 Å². The molecule has 3 N–H and O–H groups in total. The van der Waals surface area contributed by atoms with E-state index in [0.29, 0.717) is 12.0 Å². The topological polar surface area (TPSA) is 55.1 Å². The van der Waals surface area contributed by atoms with Crippen molar-refractivity contribution in [2.75, 3.05) is 11.5 Å². The van der Waals surface area contributed by atoms with E-state index >= 15 is 0 Å². The Morgan fingerprint density at radius 2 is 2.14 bits per heavy atom. The van der Waals surface area contributed by atoms with Gasteiger partial charge in [0.25, 0.3) is 0 Å². The van der Waals surface area contributed by atoms with Crippen molar-refractivity contribution < 1.29 is 4.79 Å². The number of nitrogens with two attached hydrogens (primary N) is 1. The fraction of sp³-hybridized carbons (Fsp3) is 0.900. The maximum absolute atomic E-state index is 11.1. The molecule has 0 radical (unpaired) electrons. The highest BCUT2D eigenvalue weighted by Gasteiger charge is 2.26. The van der Waals surface area contributed by atoms with Gasteiger partial charge in [-0.05, 0) is 24.5 Å². The van der Waals surface area contributed by atoms with Crippen molar-refractivity contribution >= 4 is 17.7 Å². The number of amides is 1. The molecule has 14 heavy (non-hydrogen) atoms. The second-order valence-electron chi connectivity index (χ2n) is 4.33. The van der Waals surface area contributed by atoms with E-state index in [4.69, 9.17) is 5.73 Å². The average Bonchev–Trinajstić information content (AvgIpc) is 2.85. The molecule has 0 aliphatic heterocycles. The molecule has 1 fully saturated rings. The van der Waals surface area contributed by atoms with Crippen LogP contribution in [0.15, 0.2) is 0 Å².